The zero-order valence-electron chi connectivity index (χ0n) is 14.0. The highest BCUT2D eigenvalue weighted by molar-refractivity contribution is 5.85. The molecule has 0 saturated carbocycles. The highest BCUT2D eigenvalue weighted by Gasteiger charge is 2.15. The molecule has 2 rings (SSSR count). The first-order chi connectivity index (χ1) is 12.4. The summed E-state index contributed by atoms with van der Waals surface area (Å²) in [5.41, 5.74) is 1.67. The summed E-state index contributed by atoms with van der Waals surface area (Å²) in [6.07, 6.45) is 2.36. The lowest BCUT2D eigenvalue weighted by molar-refractivity contribution is -0.385. The zero-order valence-corrected chi connectivity index (χ0v) is 14.0. The van der Waals surface area contributed by atoms with Gasteiger partial charge in [0.1, 0.15) is 13.3 Å². The minimum absolute atomic E-state index is 0.0193. The van der Waals surface area contributed by atoms with Gasteiger partial charge in [0.2, 0.25) is 0 Å². The molecule has 8 heteroatoms. The summed E-state index contributed by atoms with van der Waals surface area (Å²) >= 11 is 0. The van der Waals surface area contributed by atoms with Crippen LogP contribution in [0.4, 0.5) is 20.6 Å². The Labute approximate surface area is 149 Å². The minimum Gasteiger partial charge on any atom is -0.484 e. The lowest BCUT2D eigenvalue weighted by Crippen LogP contribution is -2.23. The number of rotatable bonds is 7. The standard InChI is InChI=1S/C18H17FN2O5/c1-20(18(22)23)15-7-4-13(5-8-15)2-3-14-6-9-17(26-11-10-19)16(12-14)21(24)25/h2-9,12H,10-11H2,1H3,(H,22,23)/b3-2+. The van der Waals surface area contributed by atoms with Crippen LogP contribution in [0.15, 0.2) is 42.5 Å². The summed E-state index contributed by atoms with van der Waals surface area (Å²) in [6, 6.07) is 11.2. The van der Waals surface area contributed by atoms with Crippen molar-refractivity contribution in [1.29, 1.82) is 0 Å². The van der Waals surface area contributed by atoms with Crippen LogP contribution in [0.2, 0.25) is 0 Å². The van der Waals surface area contributed by atoms with Crippen molar-refractivity contribution < 1.29 is 24.0 Å². The number of hydrogen-bond acceptors (Lipinski definition) is 4. The Hall–Kier alpha value is -3.42. The van der Waals surface area contributed by atoms with Gasteiger partial charge in [-0.05, 0) is 29.3 Å². The van der Waals surface area contributed by atoms with Gasteiger partial charge >= 0.3 is 11.8 Å². The lowest BCUT2D eigenvalue weighted by Gasteiger charge is -2.12. The second kappa shape index (κ2) is 8.61. The maximum atomic E-state index is 12.2. The van der Waals surface area contributed by atoms with Gasteiger partial charge in [-0.25, -0.2) is 9.18 Å². The second-order valence-electron chi connectivity index (χ2n) is 5.29. The Kier molecular flexibility index (Phi) is 6.26. The fourth-order valence-corrected chi connectivity index (χ4v) is 2.16. The molecule has 0 unspecified atom stereocenters. The summed E-state index contributed by atoms with van der Waals surface area (Å²) in [5, 5.41) is 20.1. The molecule has 2 aromatic carbocycles. The number of nitro benzene ring substituents is 1. The van der Waals surface area contributed by atoms with Crippen molar-refractivity contribution in [1.82, 2.24) is 0 Å². The maximum absolute atomic E-state index is 12.2. The first-order valence-electron chi connectivity index (χ1n) is 7.64. The normalized spacial score (nSPS) is 10.7. The molecule has 2 aromatic rings. The van der Waals surface area contributed by atoms with Crippen molar-refractivity contribution in [3.63, 3.8) is 0 Å². The summed E-state index contributed by atoms with van der Waals surface area (Å²) in [4.78, 5) is 22.5. The Morgan fingerprint density at radius 3 is 2.42 bits per heavy atom. The van der Waals surface area contributed by atoms with E-state index in [9.17, 15) is 19.3 Å². The number of nitrogens with zero attached hydrogens (tertiary/aromatic N) is 2. The molecule has 26 heavy (non-hydrogen) atoms. The minimum atomic E-state index is -1.06. The molecule has 1 amide bonds. The summed E-state index contributed by atoms with van der Waals surface area (Å²) < 4.78 is 17.2. The van der Waals surface area contributed by atoms with E-state index < -0.39 is 17.7 Å². The topological polar surface area (TPSA) is 92.9 Å². The average Bonchev–Trinajstić information content (AvgIpc) is 2.64. The molecule has 0 atom stereocenters. The molecular weight excluding hydrogens is 343 g/mol. The second-order valence-corrected chi connectivity index (χ2v) is 5.29. The van der Waals surface area contributed by atoms with Gasteiger partial charge in [0, 0.05) is 18.8 Å². The molecule has 0 saturated heterocycles. The lowest BCUT2D eigenvalue weighted by atomic mass is 10.1. The van der Waals surface area contributed by atoms with Gasteiger partial charge in [-0.2, -0.15) is 0 Å². The number of hydrogen-bond donors (Lipinski definition) is 1. The predicted molar refractivity (Wildman–Crippen MR) is 96.4 cm³/mol. The third-order valence-corrected chi connectivity index (χ3v) is 3.55. The smallest absolute Gasteiger partial charge is 0.411 e. The number of alkyl halides is 1. The third kappa shape index (κ3) is 4.79. The van der Waals surface area contributed by atoms with Crippen molar-refractivity contribution in [2.75, 3.05) is 25.2 Å². The average molecular weight is 360 g/mol. The Morgan fingerprint density at radius 2 is 1.85 bits per heavy atom. The van der Waals surface area contributed by atoms with Crippen LogP contribution in [0.1, 0.15) is 11.1 Å². The van der Waals surface area contributed by atoms with Crippen molar-refractivity contribution in [2.45, 2.75) is 0 Å². The molecule has 0 spiro atoms. The number of benzene rings is 2. The van der Waals surface area contributed by atoms with Crippen molar-refractivity contribution in [3.8, 4) is 5.75 Å². The molecule has 0 heterocycles. The van der Waals surface area contributed by atoms with E-state index in [1.165, 1.54) is 19.2 Å². The van der Waals surface area contributed by atoms with Crippen LogP contribution < -0.4 is 9.64 Å². The number of ether oxygens (including phenoxy) is 1. The molecule has 7 nitrogen and oxygen atoms in total. The largest absolute Gasteiger partial charge is 0.484 e. The van der Waals surface area contributed by atoms with Crippen LogP contribution in [-0.4, -0.2) is 36.5 Å². The monoisotopic (exact) mass is 360 g/mol. The fraction of sp³-hybridized carbons (Fsp3) is 0.167. The maximum Gasteiger partial charge on any atom is 0.411 e. The molecule has 136 valence electrons. The highest BCUT2D eigenvalue weighted by atomic mass is 19.1. The van der Waals surface area contributed by atoms with Gasteiger partial charge in [0.15, 0.2) is 5.75 Å². The van der Waals surface area contributed by atoms with Gasteiger partial charge in [-0.3, -0.25) is 15.0 Å². The van der Waals surface area contributed by atoms with Gasteiger partial charge in [-0.15, -0.1) is 0 Å². The third-order valence-electron chi connectivity index (χ3n) is 3.55. The summed E-state index contributed by atoms with van der Waals surface area (Å²) in [6.45, 7) is -0.973. The number of amides is 1. The number of nitro groups is 1. The van der Waals surface area contributed by atoms with E-state index in [1.807, 2.05) is 0 Å². The predicted octanol–water partition coefficient (Wildman–Crippen LogP) is 4.23. The Balaban J connectivity index is 2.18. The van der Waals surface area contributed by atoms with Crippen LogP contribution >= 0.6 is 0 Å². The quantitative estimate of drug-likeness (QED) is 0.453. The highest BCUT2D eigenvalue weighted by Crippen LogP contribution is 2.28. The molecule has 0 fully saturated rings. The molecule has 0 bridgehead atoms. The zero-order chi connectivity index (χ0) is 19.1. The number of anilines is 1. The molecular formula is C18H17FN2O5. The van der Waals surface area contributed by atoms with E-state index in [-0.39, 0.29) is 18.0 Å². The molecule has 0 aromatic heterocycles. The van der Waals surface area contributed by atoms with Crippen molar-refractivity contribution in [2.24, 2.45) is 0 Å². The van der Waals surface area contributed by atoms with Crippen LogP contribution in [0.25, 0.3) is 12.2 Å². The van der Waals surface area contributed by atoms with E-state index in [4.69, 9.17) is 9.84 Å². The van der Waals surface area contributed by atoms with E-state index in [2.05, 4.69) is 0 Å². The summed E-state index contributed by atoms with van der Waals surface area (Å²) in [7, 11) is 1.44. The molecule has 0 radical (unpaired) electrons. The summed E-state index contributed by atoms with van der Waals surface area (Å²) in [5.74, 6) is 0.0193. The van der Waals surface area contributed by atoms with Gasteiger partial charge in [-0.1, -0.05) is 30.4 Å². The van der Waals surface area contributed by atoms with E-state index >= 15 is 0 Å². The molecule has 0 aliphatic rings. The molecule has 0 aliphatic carbocycles. The van der Waals surface area contributed by atoms with Crippen LogP contribution in [0, 0.1) is 10.1 Å². The SMILES string of the molecule is CN(C(=O)O)c1ccc(/C=C/c2ccc(OCCF)c([N+](=O)[O-])c2)cc1. The Bertz CT molecular complexity index is 821. The van der Waals surface area contributed by atoms with Crippen LogP contribution in [0.5, 0.6) is 5.75 Å². The van der Waals surface area contributed by atoms with Crippen molar-refractivity contribution >= 4 is 29.6 Å². The van der Waals surface area contributed by atoms with Gasteiger partial charge < -0.3 is 9.84 Å². The first-order valence-corrected chi connectivity index (χ1v) is 7.64. The first kappa shape index (κ1) is 18.9. The van der Waals surface area contributed by atoms with E-state index in [1.54, 1.807) is 42.5 Å². The molecule has 1 N–H and O–H groups in total. The van der Waals surface area contributed by atoms with Gasteiger partial charge in [0.25, 0.3) is 0 Å². The fourth-order valence-electron chi connectivity index (χ4n) is 2.16. The van der Waals surface area contributed by atoms with Crippen molar-refractivity contribution in [3.05, 3.63) is 63.7 Å². The van der Waals surface area contributed by atoms with Gasteiger partial charge in [0.05, 0.1) is 4.92 Å². The number of carboxylic acid groups (broad SMARTS) is 1. The van der Waals surface area contributed by atoms with E-state index in [0.29, 0.717) is 11.3 Å². The van der Waals surface area contributed by atoms with Crippen LogP contribution in [0.3, 0.4) is 0 Å². The molecule has 0 aliphatic heterocycles. The number of halogens is 1. The van der Waals surface area contributed by atoms with Crippen LogP contribution in [-0.2, 0) is 0 Å². The number of carbonyl (C=O) groups is 1. The Morgan fingerprint density at radius 1 is 1.23 bits per heavy atom. The van der Waals surface area contributed by atoms with E-state index in [0.717, 1.165) is 10.5 Å².